The van der Waals surface area contributed by atoms with Crippen LogP contribution < -0.4 is 11.0 Å². The van der Waals surface area contributed by atoms with Gasteiger partial charge in [0.2, 0.25) is 0 Å². The molecule has 37 heavy (non-hydrogen) atoms. The highest BCUT2D eigenvalue weighted by atomic mass is 31.2. The fourth-order valence-electron chi connectivity index (χ4n) is 1.82. The van der Waals surface area contributed by atoms with Crippen LogP contribution in [0.5, 0.6) is 0 Å². The van der Waals surface area contributed by atoms with Crippen molar-refractivity contribution in [2.24, 2.45) is 0 Å². The first-order valence-corrected chi connectivity index (χ1v) is 9.01. The second kappa shape index (κ2) is 9.70. The molecule has 1 atom stereocenters. The Labute approximate surface area is 188 Å². The summed E-state index contributed by atoms with van der Waals surface area (Å²) in [5.74, 6) is -76.9. The van der Waals surface area contributed by atoms with Gasteiger partial charge in [0, 0.05) is 0 Å². The van der Waals surface area contributed by atoms with E-state index in [2.05, 4.69) is 4.52 Å². The Kier molecular flexibility index (Phi) is 9.91. The number of phosphoric acid groups is 1. The Hall–Kier alpha value is -1.33. The quantitative estimate of drug-likeness (QED) is 0.210. The maximum Gasteiger partial charge on any atom is 0.385 e. The monoisotopic (exact) mass is 629 g/mol. The van der Waals surface area contributed by atoms with Gasteiger partial charge in [-0.05, 0) is 0 Å². The van der Waals surface area contributed by atoms with Crippen LogP contribution in [0.2, 0.25) is 0 Å². The summed E-state index contributed by atoms with van der Waals surface area (Å²) in [6.45, 7) is -3.85. The molecule has 226 valence electrons. The van der Waals surface area contributed by atoms with Crippen molar-refractivity contribution in [3.05, 3.63) is 0 Å². The first-order chi connectivity index (χ1) is 15.2. The minimum absolute atomic E-state index is 0. The Bertz CT molecular complexity index is 853. The van der Waals surface area contributed by atoms with Crippen molar-refractivity contribution in [2.45, 2.75) is 59.7 Å². The van der Waals surface area contributed by atoms with Crippen LogP contribution in [0.15, 0.2) is 0 Å². The molecule has 0 aromatic rings. The molecule has 0 amide bonds. The minimum atomic E-state index is -9.17. The van der Waals surface area contributed by atoms with Gasteiger partial charge in [0.25, 0.3) is 7.82 Å². The van der Waals surface area contributed by atoms with Gasteiger partial charge in [-0.25, -0.2) is 8.78 Å². The second-order valence-corrected chi connectivity index (χ2v) is 7.59. The maximum absolute atomic E-state index is 13.4. The van der Waals surface area contributed by atoms with E-state index in [9.17, 15) is 97.3 Å². The van der Waals surface area contributed by atoms with Crippen molar-refractivity contribution < 1.29 is 107 Å². The first kappa shape index (κ1) is 37.8. The fraction of sp³-hybridized carbons (Fsp3) is 1.00. The molecule has 0 aliphatic rings. The van der Waals surface area contributed by atoms with Crippen LogP contribution in [0.4, 0.5) is 87.8 Å². The van der Waals surface area contributed by atoms with Gasteiger partial charge < -0.3 is 20.5 Å². The van der Waals surface area contributed by atoms with E-state index in [4.69, 9.17) is 4.89 Å². The molecule has 0 spiro atoms. The van der Waals surface area contributed by atoms with E-state index in [1.165, 1.54) is 0 Å². The number of hydrogen-bond donors (Lipinski definition) is 2. The number of phosphoric ester groups is 1. The van der Waals surface area contributed by atoms with E-state index in [0.29, 0.717) is 0 Å². The number of quaternary nitrogens is 1. The zero-order chi connectivity index (χ0) is 30.0. The Morgan fingerprint density at radius 2 is 0.838 bits per heavy atom. The van der Waals surface area contributed by atoms with Crippen LogP contribution in [-0.2, 0) is 9.09 Å². The molecule has 0 fully saturated rings. The maximum atomic E-state index is 13.4. The molecule has 5 nitrogen and oxygen atoms in total. The summed E-state index contributed by atoms with van der Waals surface area (Å²) >= 11 is 0. The largest absolute Gasteiger partial charge is 0.756 e. The lowest BCUT2D eigenvalue weighted by atomic mass is 9.86. The molecule has 0 bridgehead atoms. The standard InChI is InChI=1S/C11H5F20O4P.H3N/c12-2(13)4(16,17)6(20,21)8(24,25)10(28,29)11(30,31)9(26,27)7(22,23)5(18,19)3(14,15)1-35-36(32,33)34;/h2H,1H2,(H2,32,33,34);1H3. The van der Waals surface area contributed by atoms with E-state index in [0.717, 1.165) is 0 Å². The van der Waals surface area contributed by atoms with Gasteiger partial charge in [0.1, 0.15) is 6.61 Å². The van der Waals surface area contributed by atoms with Gasteiger partial charge in [0.15, 0.2) is 0 Å². The summed E-state index contributed by atoms with van der Waals surface area (Å²) in [6, 6.07) is 0. The Morgan fingerprint density at radius 3 is 1.08 bits per heavy atom. The lowest BCUT2D eigenvalue weighted by Crippen LogP contribution is -2.76. The molecule has 5 N–H and O–H groups in total. The van der Waals surface area contributed by atoms with Gasteiger partial charge >= 0.3 is 59.7 Å². The third-order valence-electron chi connectivity index (χ3n) is 3.93. The predicted molar refractivity (Wildman–Crippen MR) is 72.3 cm³/mol. The molecular weight excluding hydrogens is 621 g/mol. The minimum Gasteiger partial charge on any atom is -0.756 e. The molecule has 0 rings (SSSR count). The third-order valence-corrected chi connectivity index (χ3v) is 4.38. The van der Waals surface area contributed by atoms with Crippen LogP contribution >= 0.6 is 7.82 Å². The summed E-state index contributed by atoms with van der Waals surface area (Å²) in [4.78, 5) is 17.9. The van der Waals surface area contributed by atoms with Crippen LogP contribution in [-0.4, -0.2) is 71.2 Å². The molecule has 1 unspecified atom stereocenters. The normalized spacial score (nSPS) is 17.5. The Balaban J connectivity index is 0. The summed E-state index contributed by atoms with van der Waals surface area (Å²) < 4.78 is 274. The van der Waals surface area contributed by atoms with Crippen LogP contribution in [0, 0.1) is 0 Å². The predicted octanol–water partition coefficient (Wildman–Crippen LogP) is 5.82. The number of halogens is 20. The third kappa shape index (κ3) is 5.29. The van der Waals surface area contributed by atoms with Crippen LogP contribution in [0.25, 0.3) is 0 Å². The van der Waals surface area contributed by atoms with Gasteiger partial charge in [0.05, 0.1) is 0 Å². The molecule has 0 heterocycles. The summed E-state index contributed by atoms with van der Waals surface area (Å²) in [5.41, 5.74) is 0. The molecular formula is C11H8F20NO4P. The fourth-order valence-corrected chi connectivity index (χ4v) is 2.14. The highest BCUT2D eigenvalue weighted by Crippen LogP contribution is 2.65. The van der Waals surface area contributed by atoms with E-state index >= 15 is 0 Å². The van der Waals surface area contributed by atoms with E-state index in [1.54, 1.807) is 0 Å². The molecule has 26 heteroatoms. The summed E-state index contributed by atoms with van der Waals surface area (Å²) in [5, 5.41) is 0. The first-order valence-electron chi connectivity index (χ1n) is 7.52. The molecule has 0 aliphatic heterocycles. The second-order valence-electron chi connectivity index (χ2n) is 6.39. The lowest BCUT2D eigenvalue weighted by molar-refractivity contribution is -0.465. The van der Waals surface area contributed by atoms with E-state index in [1.807, 2.05) is 0 Å². The molecule has 0 saturated carbocycles. The van der Waals surface area contributed by atoms with Gasteiger partial charge in [-0.2, -0.15) is 79.0 Å². The summed E-state index contributed by atoms with van der Waals surface area (Å²) in [6.07, 6.45) is -6.16. The SMILES string of the molecule is O=P([O-])(O)OCC(F)(F)C(F)(F)C(F)(F)C(F)(F)C(F)(F)C(F)(F)C(F)(F)C(F)(F)C(F)(F)C(F)F.[NH4+]. The van der Waals surface area contributed by atoms with E-state index < -0.39 is 74.2 Å². The molecule has 0 aliphatic carbocycles. The smallest absolute Gasteiger partial charge is 0.385 e. The van der Waals surface area contributed by atoms with Crippen LogP contribution in [0.3, 0.4) is 0 Å². The van der Waals surface area contributed by atoms with Crippen molar-refractivity contribution in [2.75, 3.05) is 6.61 Å². The zero-order valence-corrected chi connectivity index (χ0v) is 17.4. The molecule has 0 aromatic carbocycles. The van der Waals surface area contributed by atoms with Gasteiger partial charge in [-0.1, -0.05) is 0 Å². The Morgan fingerprint density at radius 1 is 0.595 bits per heavy atom. The average molecular weight is 629 g/mol. The molecule has 0 aromatic heterocycles. The van der Waals surface area contributed by atoms with Gasteiger partial charge in [-0.3, -0.25) is 4.57 Å². The van der Waals surface area contributed by atoms with E-state index in [-0.39, 0.29) is 6.15 Å². The van der Waals surface area contributed by atoms with Gasteiger partial charge in [-0.15, -0.1) is 0 Å². The van der Waals surface area contributed by atoms with Crippen molar-refractivity contribution in [1.29, 1.82) is 0 Å². The number of rotatable bonds is 12. The van der Waals surface area contributed by atoms with Crippen molar-refractivity contribution in [1.82, 2.24) is 6.15 Å². The zero-order valence-electron chi connectivity index (χ0n) is 16.5. The highest BCUT2D eigenvalue weighted by Gasteiger charge is 2.96. The molecule has 0 radical (unpaired) electrons. The highest BCUT2D eigenvalue weighted by molar-refractivity contribution is 7.44. The van der Waals surface area contributed by atoms with Crippen molar-refractivity contribution in [3.63, 3.8) is 0 Å². The molecule has 0 saturated heterocycles. The average Bonchev–Trinajstić information content (AvgIpc) is 2.64. The summed E-state index contributed by atoms with van der Waals surface area (Å²) in [7, 11) is -6.63. The number of hydrogen-bond acceptors (Lipinski definition) is 3. The van der Waals surface area contributed by atoms with Crippen molar-refractivity contribution >= 4 is 7.82 Å². The topological polar surface area (TPSA) is 106 Å². The van der Waals surface area contributed by atoms with Crippen molar-refractivity contribution in [3.8, 4) is 0 Å². The lowest BCUT2D eigenvalue weighted by Gasteiger charge is -2.44. The van der Waals surface area contributed by atoms with Crippen LogP contribution in [0.1, 0.15) is 0 Å². The number of alkyl halides is 20.